The number of amides is 4. The van der Waals surface area contributed by atoms with Crippen molar-refractivity contribution in [3.05, 3.63) is 58.5 Å². The van der Waals surface area contributed by atoms with Gasteiger partial charge in [-0.3, -0.25) is 24.4 Å². The molecule has 2 aromatic carbocycles. The average molecular weight is 864 g/mol. The molecule has 3 rings (SSSR count). The number of rotatable bonds is 18. The van der Waals surface area contributed by atoms with Crippen LogP contribution in [0, 0.1) is 5.82 Å². The lowest BCUT2D eigenvalue weighted by molar-refractivity contribution is -0.139. The van der Waals surface area contributed by atoms with Crippen molar-refractivity contribution >= 4 is 68.6 Å². The largest absolute Gasteiger partial charge is 0.444 e. The van der Waals surface area contributed by atoms with Crippen LogP contribution in [-0.2, 0) is 20.9 Å². The van der Waals surface area contributed by atoms with Gasteiger partial charge in [-0.1, -0.05) is 57.8 Å². The van der Waals surface area contributed by atoms with Gasteiger partial charge in [0, 0.05) is 22.7 Å². The topological polar surface area (TPSA) is 189 Å². The second-order valence-electron chi connectivity index (χ2n) is 18.7. The molecule has 0 bridgehead atoms. The van der Waals surface area contributed by atoms with Gasteiger partial charge in [-0.25, -0.2) is 9.18 Å². The number of ether oxygens (including phenoxy) is 1. The van der Waals surface area contributed by atoms with Crippen molar-refractivity contribution in [2.45, 2.75) is 148 Å². The van der Waals surface area contributed by atoms with Crippen LogP contribution in [0.4, 0.5) is 14.9 Å². The van der Waals surface area contributed by atoms with Gasteiger partial charge in [-0.2, -0.15) is 5.10 Å². The molecular formula is C41H64ClFN6O7Si2. The Morgan fingerprint density at radius 1 is 0.966 bits per heavy atom. The smallest absolute Gasteiger partial charge is 0.412 e. The number of benzene rings is 2. The van der Waals surface area contributed by atoms with Crippen LogP contribution in [0.2, 0.25) is 41.3 Å². The summed E-state index contributed by atoms with van der Waals surface area (Å²) in [5.41, 5.74) is 5.76. The van der Waals surface area contributed by atoms with Gasteiger partial charge in [0.1, 0.15) is 18.0 Å². The number of fused-ring (bicyclic) bond motifs is 1. The molecule has 0 aliphatic rings. The zero-order valence-electron chi connectivity index (χ0n) is 36.2. The minimum Gasteiger partial charge on any atom is -0.444 e. The highest BCUT2D eigenvalue weighted by Gasteiger charge is 2.39. The third kappa shape index (κ3) is 12.8. The fraction of sp³-hybridized carbons (Fsp3) is 0.585. The Labute approximate surface area is 349 Å². The molecule has 2 atom stereocenters. The first-order valence-electron chi connectivity index (χ1n) is 19.7. The average Bonchev–Trinajstić information content (AvgIpc) is 3.42. The molecule has 1 heterocycles. The summed E-state index contributed by atoms with van der Waals surface area (Å²) in [6.45, 7) is 21.7. The highest BCUT2D eigenvalue weighted by Crippen LogP contribution is 2.42. The number of aromatic nitrogens is 2. The van der Waals surface area contributed by atoms with Crippen molar-refractivity contribution in [3.8, 4) is 0 Å². The molecule has 0 aliphatic heterocycles. The van der Waals surface area contributed by atoms with Crippen molar-refractivity contribution in [1.82, 2.24) is 20.0 Å². The number of halogens is 2. The Balaban J connectivity index is 1.98. The van der Waals surface area contributed by atoms with E-state index in [1.54, 1.807) is 45.0 Å². The number of nitrogens with two attached hydrogens (primary N) is 1. The molecule has 0 saturated heterocycles. The van der Waals surface area contributed by atoms with E-state index in [1.165, 1.54) is 21.7 Å². The second kappa shape index (κ2) is 18.6. The van der Waals surface area contributed by atoms with Crippen molar-refractivity contribution < 1.29 is 37.9 Å². The maximum atomic E-state index is 15.5. The summed E-state index contributed by atoms with van der Waals surface area (Å²) in [6.07, 6.45) is 1.88. The fourth-order valence-electron chi connectivity index (χ4n) is 6.26. The molecule has 0 aliphatic carbocycles. The van der Waals surface area contributed by atoms with Crippen LogP contribution in [0.1, 0.15) is 110 Å². The lowest BCUT2D eigenvalue weighted by Gasteiger charge is -2.37. The monoisotopic (exact) mass is 862 g/mol. The van der Waals surface area contributed by atoms with Crippen molar-refractivity contribution in [2.24, 2.45) is 5.73 Å². The van der Waals surface area contributed by atoms with Crippen LogP contribution < -0.4 is 16.4 Å². The molecule has 4 amide bonds. The van der Waals surface area contributed by atoms with Gasteiger partial charge in [-0.15, -0.1) is 0 Å². The van der Waals surface area contributed by atoms with E-state index in [1.807, 2.05) is 60.8 Å². The Morgan fingerprint density at radius 2 is 1.57 bits per heavy atom. The van der Waals surface area contributed by atoms with Gasteiger partial charge in [0.15, 0.2) is 22.3 Å². The Morgan fingerprint density at radius 3 is 2.14 bits per heavy atom. The van der Waals surface area contributed by atoms with Crippen LogP contribution in [0.15, 0.2) is 36.4 Å². The van der Waals surface area contributed by atoms with E-state index < -0.39 is 69.0 Å². The molecule has 322 valence electrons. The molecule has 13 nitrogen and oxygen atoms in total. The van der Waals surface area contributed by atoms with E-state index in [-0.39, 0.29) is 34.4 Å². The molecule has 0 unspecified atom stereocenters. The fourth-order valence-corrected chi connectivity index (χ4v) is 7.99. The third-order valence-electron chi connectivity index (χ3n) is 11.6. The van der Waals surface area contributed by atoms with Crippen LogP contribution in [0.3, 0.4) is 0 Å². The normalized spacial score (nSPS) is 13.9. The molecule has 0 fully saturated rings. The molecule has 6 N–H and O–H groups in total. The number of primary amides is 1. The maximum Gasteiger partial charge on any atom is 0.412 e. The maximum absolute atomic E-state index is 15.5. The molecule has 3 aromatic rings. The zero-order valence-corrected chi connectivity index (χ0v) is 38.9. The molecule has 0 saturated carbocycles. The summed E-state index contributed by atoms with van der Waals surface area (Å²) in [5, 5.41) is 9.44. The van der Waals surface area contributed by atoms with Crippen LogP contribution in [0.25, 0.3) is 10.9 Å². The predicted molar refractivity (Wildman–Crippen MR) is 232 cm³/mol. The van der Waals surface area contributed by atoms with Crippen molar-refractivity contribution in [3.63, 3.8) is 0 Å². The van der Waals surface area contributed by atoms with Crippen LogP contribution in [-0.4, -0.2) is 82.9 Å². The molecular weight excluding hydrogens is 799 g/mol. The number of hydrogen-bond donors (Lipinski definition) is 5. The van der Waals surface area contributed by atoms with Crippen molar-refractivity contribution in [1.29, 1.82) is 0 Å². The lowest BCUT2D eigenvalue weighted by atomic mass is 9.97. The van der Waals surface area contributed by atoms with Gasteiger partial charge < -0.3 is 30.3 Å². The summed E-state index contributed by atoms with van der Waals surface area (Å²) in [5.74, 6) is -2.51. The third-order valence-corrected chi connectivity index (χ3v) is 19.0. The molecule has 58 heavy (non-hydrogen) atoms. The summed E-state index contributed by atoms with van der Waals surface area (Å²) < 4.78 is 22.2. The summed E-state index contributed by atoms with van der Waals surface area (Å²) in [7, 11) is -5.15. The summed E-state index contributed by atoms with van der Waals surface area (Å²) >= 11 is 6.18. The minimum absolute atomic E-state index is 0.0844. The number of nitrogens with one attached hydrogen (secondary N) is 2. The predicted octanol–water partition coefficient (Wildman–Crippen LogP) is 8.26. The number of nitrogens with zero attached hydrogens (tertiary/aromatic N) is 3. The number of hydrogen-bond acceptors (Lipinski definition) is 8. The quantitative estimate of drug-likeness (QED) is 0.0791. The zero-order chi connectivity index (χ0) is 44.2. The second-order valence-corrected chi connectivity index (χ2v) is 28.0. The highest BCUT2D eigenvalue weighted by molar-refractivity contribution is 6.73. The van der Waals surface area contributed by atoms with Gasteiger partial charge in [-0.05, 0) is 114 Å². The molecule has 17 heteroatoms. The van der Waals surface area contributed by atoms with Gasteiger partial charge in [0.25, 0.3) is 5.91 Å². The van der Waals surface area contributed by atoms with E-state index in [0.717, 1.165) is 0 Å². The lowest BCUT2D eigenvalue weighted by Crippen LogP contribution is -2.48. The summed E-state index contributed by atoms with van der Waals surface area (Å²) in [6, 6.07) is 8.04. The van der Waals surface area contributed by atoms with E-state index in [2.05, 4.69) is 15.7 Å². The molecule has 0 radical (unpaired) electrons. The SMILES string of the molecule is C[C@H](CCC(C)(C)[Si](C)(C)O)N(CC(=O)N[C@@H](CCCC(C)(C)[Si](C)(C)O)c1cccc(Cl)c1F)C(=O)Cn1nc(C(N)=O)c2cc(NC(=O)OC(C)(C)C)ccc21. The van der Waals surface area contributed by atoms with Gasteiger partial charge in [0.05, 0.1) is 23.1 Å². The number of carbonyl (C=O) groups is 4. The van der Waals surface area contributed by atoms with E-state index >= 15 is 4.39 Å². The van der Waals surface area contributed by atoms with E-state index in [0.29, 0.717) is 48.7 Å². The Hall–Kier alpha value is -3.84. The molecule has 1 aromatic heterocycles. The first-order chi connectivity index (χ1) is 26.4. The molecule has 0 spiro atoms. The van der Waals surface area contributed by atoms with Crippen LogP contribution in [0.5, 0.6) is 0 Å². The Bertz CT molecular complexity index is 1970. The number of anilines is 1. The van der Waals surface area contributed by atoms with E-state index in [9.17, 15) is 28.8 Å². The number of carbonyl (C=O) groups excluding carboxylic acids is 4. The summed E-state index contributed by atoms with van der Waals surface area (Å²) in [4.78, 5) is 76.7. The van der Waals surface area contributed by atoms with Gasteiger partial charge >= 0.3 is 6.09 Å². The first kappa shape index (κ1) is 48.5. The van der Waals surface area contributed by atoms with Gasteiger partial charge in [0.2, 0.25) is 11.8 Å². The van der Waals surface area contributed by atoms with Crippen LogP contribution >= 0.6 is 11.6 Å². The first-order valence-corrected chi connectivity index (χ1v) is 26.0. The van der Waals surface area contributed by atoms with Crippen molar-refractivity contribution in [2.75, 3.05) is 11.9 Å². The standard InChI is InChI=1S/C41H64ClFN6O7Si2/c1-26(20-22-41(7,8)58(11,12)55)48(24-33(50)46-31(28-15-13-16-30(42)35(28)43)17-14-21-40(5,6)57(9,10)54)34(51)25-49-32-19-18-27(45-38(53)56-39(2,3)4)23-29(32)36(47-49)37(44)52/h13,15-16,18-19,23,26,31,54-55H,14,17,20-22,24-25H2,1-12H3,(H2,44,52)(H,45,53)(H,46,50)/t26-,31+/m1/s1. The minimum atomic E-state index is -2.61. The Kier molecular flexibility index (Phi) is 15.6. The highest BCUT2D eigenvalue weighted by atomic mass is 35.5. The van der Waals surface area contributed by atoms with E-state index in [4.69, 9.17) is 22.1 Å².